The summed E-state index contributed by atoms with van der Waals surface area (Å²) in [5, 5.41) is 0. The summed E-state index contributed by atoms with van der Waals surface area (Å²) in [4.78, 5) is 13.7. The summed E-state index contributed by atoms with van der Waals surface area (Å²) < 4.78 is 0.827. The molecule has 74 valence electrons. The average molecular weight is 254 g/mol. The molecule has 1 rings (SSSR count). The van der Waals surface area contributed by atoms with Gasteiger partial charge in [0, 0.05) is 4.47 Å². The zero-order chi connectivity index (χ0) is 10.8. The molecule has 0 atom stereocenters. The molecule has 0 aliphatic carbocycles. The third-order valence-corrected chi connectivity index (χ3v) is 2.61. The number of halogens is 1. The largest absolute Gasteiger partial charge is 0.240 e. The summed E-state index contributed by atoms with van der Waals surface area (Å²) in [6.07, 6.45) is 1.53. The molecule has 0 heterocycles. The minimum atomic E-state index is 0.103. The Hall–Kier alpha value is -0.920. The number of benzene rings is 1. The van der Waals surface area contributed by atoms with Gasteiger partial charge in [-0.25, -0.2) is 4.79 Å². The van der Waals surface area contributed by atoms with Gasteiger partial charge in [0.1, 0.15) is 0 Å². The summed E-state index contributed by atoms with van der Waals surface area (Å²) in [5.41, 5.74) is 1.92. The first-order valence-corrected chi connectivity index (χ1v) is 5.12. The summed E-state index contributed by atoms with van der Waals surface area (Å²) in [6, 6.07) is 5.77. The van der Waals surface area contributed by atoms with Gasteiger partial charge in [-0.1, -0.05) is 26.8 Å². The van der Waals surface area contributed by atoms with Crippen molar-refractivity contribution in [3.8, 4) is 0 Å². The van der Waals surface area contributed by atoms with Crippen molar-refractivity contribution < 1.29 is 4.79 Å². The number of aliphatic imine (C=N–C) groups is 1. The first kappa shape index (κ1) is 11.2. The minimum absolute atomic E-state index is 0.103. The Kier molecular flexibility index (Phi) is 3.25. The maximum Gasteiger partial charge on any atom is 0.240 e. The van der Waals surface area contributed by atoms with Crippen molar-refractivity contribution in [3.05, 3.63) is 28.2 Å². The second-order valence-electron chi connectivity index (χ2n) is 4.12. The van der Waals surface area contributed by atoms with Gasteiger partial charge in [0.25, 0.3) is 0 Å². The zero-order valence-corrected chi connectivity index (χ0v) is 10.1. The van der Waals surface area contributed by atoms with Gasteiger partial charge in [0.05, 0.1) is 5.69 Å². The van der Waals surface area contributed by atoms with E-state index in [1.807, 2.05) is 18.2 Å². The lowest BCUT2D eigenvalue weighted by Crippen LogP contribution is -2.10. The standard InChI is InChI=1S/C11H12BrNO/c1-11(2,3)8-4-5-10(13-7-14)9(12)6-8/h4-6H,1-3H3. The molecular formula is C11H12BrNO. The maximum atomic E-state index is 10.1. The van der Waals surface area contributed by atoms with Crippen LogP contribution in [0.1, 0.15) is 26.3 Å². The normalized spacial score (nSPS) is 10.9. The van der Waals surface area contributed by atoms with Crippen LogP contribution in [0.15, 0.2) is 27.7 Å². The van der Waals surface area contributed by atoms with E-state index in [0.717, 1.165) is 4.47 Å². The molecule has 1 aromatic carbocycles. The molecule has 0 bridgehead atoms. The smallest absolute Gasteiger partial charge is 0.211 e. The Bertz CT molecular complexity index is 387. The molecule has 0 N–H and O–H groups in total. The Balaban J connectivity index is 3.19. The second kappa shape index (κ2) is 4.07. The SMILES string of the molecule is CC(C)(C)c1ccc(N=C=O)c(Br)c1. The monoisotopic (exact) mass is 253 g/mol. The van der Waals surface area contributed by atoms with Crippen molar-refractivity contribution in [2.45, 2.75) is 26.2 Å². The van der Waals surface area contributed by atoms with Gasteiger partial charge >= 0.3 is 0 Å². The van der Waals surface area contributed by atoms with Crippen LogP contribution >= 0.6 is 15.9 Å². The molecule has 0 aliphatic rings. The third-order valence-electron chi connectivity index (χ3n) is 1.98. The molecule has 0 aliphatic heterocycles. The van der Waals surface area contributed by atoms with E-state index in [1.54, 1.807) is 0 Å². The van der Waals surface area contributed by atoms with Gasteiger partial charge in [0.2, 0.25) is 6.08 Å². The predicted molar refractivity (Wildman–Crippen MR) is 60.6 cm³/mol. The molecule has 2 nitrogen and oxygen atoms in total. The van der Waals surface area contributed by atoms with E-state index in [4.69, 9.17) is 0 Å². The molecule has 0 unspecified atom stereocenters. The molecule has 0 saturated heterocycles. The van der Waals surface area contributed by atoms with Crippen LogP contribution in [0, 0.1) is 0 Å². The van der Waals surface area contributed by atoms with E-state index in [0.29, 0.717) is 5.69 Å². The number of rotatable bonds is 1. The number of hydrogen-bond donors (Lipinski definition) is 0. The maximum absolute atomic E-state index is 10.1. The molecule has 0 aromatic heterocycles. The Morgan fingerprint density at radius 2 is 2.00 bits per heavy atom. The van der Waals surface area contributed by atoms with Crippen molar-refractivity contribution in [1.82, 2.24) is 0 Å². The predicted octanol–water partition coefficient (Wildman–Crippen LogP) is 3.71. The molecule has 0 fully saturated rings. The van der Waals surface area contributed by atoms with Crippen LogP contribution in [-0.4, -0.2) is 6.08 Å². The molecule has 0 radical (unpaired) electrons. The van der Waals surface area contributed by atoms with Crippen LogP contribution < -0.4 is 0 Å². The molecule has 3 heteroatoms. The van der Waals surface area contributed by atoms with Crippen LogP contribution in [0.2, 0.25) is 0 Å². The van der Waals surface area contributed by atoms with Crippen LogP contribution in [0.25, 0.3) is 0 Å². The molecule has 0 spiro atoms. The van der Waals surface area contributed by atoms with Crippen molar-refractivity contribution in [1.29, 1.82) is 0 Å². The summed E-state index contributed by atoms with van der Waals surface area (Å²) in [7, 11) is 0. The molecule has 0 saturated carbocycles. The van der Waals surface area contributed by atoms with E-state index < -0.39 is 0 Å². The van der Waals surface area contributed by atoms with Crippen LogP contribution in [-0.2, 0) is 10.2 Å². The highest BCUT2D eigenvalue weighted by molar-refractivity contribution is 9.10. The van der Waals surface area contributed by atoms with E-state index in [-0.39, 0.29) is 5.41 Å². The van der Waals surface area contributed by atoms with Gasteiger partial charge in [-0.05, 0) is 39.0 Å². The summed E-state index contributed by atoms with van der Waals surface area (Å²) in [6.45, 7) is 6.41. The van der Waals surface area contributed by atoms with Gasteiger partial charge in [0.15, 0.2) is 0 Å². The van der Waals surface area contributed by atoms with E-state index >= 15 is 0 Å². The van der Waals surface area contributed by atoms with Crippen LogP contribution in [0.3, 0.4) is 0 Å². The van der Waals surface area contributed by atoms with Crippen LogP contribution in [0.5, 0.6) is 0 Å². The van der Waals surface area contributed by atoms with Gasteiger partial charge < -0.3 is 0 Å². The lowest BCUT2D eigenvalue weighted by molar-refractivity contribution is 0.565. The van der Waals surface area contributed by atoms with Crippen molar-refractivity contribution in [2.24, 2.45) is 4.99 Å². The summed E-state index contributed by atoms with van der Waals surface area (Å²) in [5.74, 6) is 0. The Labute approximate surface area is 92.2 Å². The minimum Gasteiger partial charge on any atom is -0.211 e. The van der Waals surface area contributed by atoms with E-state index in [1.165, 1.54) is 11.6 Å². The van der Waals surface area contributed by atoms with Gasteiger partial charge in [-0.2, -0.15) is 4.99 Å². The van der Waals surface area contributed by atoms with Crippen molar-refractivity contribution >= 4 is 27.7 Å². The van der Waals surface area contributed by atoms with E-state index in [2.05, 4.69) is 41.7 Å². The van der Waals surface area contributed by atoms with Gasteiger partial charge in [-0.15, -0.1) is 0 Å². The zero-order valence-electron chi connectivity index (χ0n) is 8.47. The van der Waals surface area contributed by atoms with Gasteiger partial charge in [-0.3, -0.25) is 0 Å². The fourth-order valence-corrected chi connectivity index (χ4v) is 1.58. The van der Waals surface area contributed by atoms with Crippen LogP contribution in [0.4, 0.5) is 5.69 Å². The quantitative estimate of drug-likeness (QED) is 0.554. The first-order valence-electron chi connectivity index (χ1n) is 4.33. The topological polar surface area (TPSA) is 29.4 Å². The average Bonchev–Trinajstić information content (AvgIpc) is 2.07. The lowest BCUT2D eigenvalue weighted by atomic mass is 9.87. The summed E-state index contributed by atoms with van der Waals surface area (Å²) >= 11 is 3.37. The van der Waals surface area contributed by atoms with E-state index in [9.17, 15) is 4.79 Å². The second-order valence-corrected chi connectivity index (χ2v) is 4.97. The fraction of sp³-hybridized carbons (Fsp3) is 0.364. The Morgan fingerprint density at radius 1 is 1.36 bits per heavy atom. The third kappa shape index (κ3) is 2.53. The number of nitrogens with zero attached hydrogens (tertiary/aromatic N) is 1. The highest BCUT2D eigenvalue weighted by Gasteiger charge is 2.14. The first-order chi connectivity index (χ1) is 6.45. The molecule has 1 aromatic rings. The highest BCUT2D eigenvalue weighted by Crippen LogP contribution is 2.31. The van der Waals surface area contributed by atoms with Crippen molar-refractivity contribution in [2.75, 3.05) is 0 Å². The highest BCUT2D eigenvalue weighted by atomic mass is 79.9. The molecule has 0 amide bonds. The molecule has 14 heavy (non-hydrogen) atoms. The lowest BCUT2D eigenvalue weighted by Gasteiger charge is -2.19. The number of carbonyl (C=O) groups excluding carboxylic acids is 1. The molecular weight excluding hydrogens is 242 g/mol. The number of hydrogen-bond acceptors (Lipinski definition) is 2. The number of isocyanates is 1. The van der Waals surface area contributed by atoms with Crippen molar-refractivity contribution in [3.63, 3.8) is 0 Å². The Morgan fingerprint density at radius 3 is 2.43 bits per heavy atom. The fourth-order valence-electron chi connectivity index (χ4n) is 1.11.